The number of aromatic nitrogens is 2. The lowest BCUT2D eigenvalue weighted by Gasteiger charge is -2.38. The minimum Gasteiger partial charge on any atom is -0.368 e. The van der Waals surface area contributed by atoms with Gasteiger partial charge >= 0.3 is 0 Å². The van der Waals surface area contributed by atoms with Gasteiger partial charge in [-0.05, 0) is 18.9 Å². The van der Waals surface area contributed by atoms with Gasteiger partial charge in [-0.25, -0.2) is 41.3 Å². The summed E-state index contributed by atoms with van der Waals surface area (Å²) < 4.78 is 81.7. The Balaban J connectivity index is 1.70. The maximum Gasteiger partial charge on any atom is 0.280 e. The smallest absolute Gasteiger partial charge is 0.280 e. The van der Waals surface area contributed by atoms with Crippen molar-refractivity contribution in [3.8, 4) is 0 Å². The zero-order chi connectivity index (χ0) is 22.4. The second-order valence-corrected chi connectivity index (χ2v) is 8.16. The summed E-state index contributed by atoms with van der Waals surface area (Å²) in [5, 5.41) is 5.65. The van der Waals surface area contributed by atoms with Crippen LogP contribution in [0.3, 0.4) is 0 Å². The van der Waals surface area contributed by atoms with Crippen LogP contribution in [0.2, 0.25) is 0 Å². The quantitative estimate of drug-likeness (QED) is 0.614. The molecule has 1 aromatic rings. The number of guanidine groups is 2. The van der Waals surface area contributed by atoms with Crippen LogP contribution < -0.4 is 16.4 Å². The fraction of sp³-hybridized carbons (Fsp3) is 0.667. The number of hydrogen-bond acceptors (Lipinski definition) is 7. The summed E-state index contributed by atoms with van der Waals surface area (Å²) in [5.74, 6) is -7.36. The average Bonchev–Trinajstić information content (AvgIpc) is 3.22. The van der Waals surface area contributed by atoms with Gasteiger partial charge in [0.2, 0.25) is 23.8 Å². The molecule has 4 rings (SSSR count). The number of nitrogens with one attached hydrogen (secondary N) is 2. The zero-order valence-corrected chi connectivity index (χ0v) is 16.3. The van der Waals surface area contributed by atoms with Crippen molar-refractivity contribution in [2.45, 2.75) is 68.5 Å². The monoisotopic (exact) mass is 449 g/mol. The molecule has 4 N–H and O–H groups in total. The first-order chi connectivity index (χ1) is 14.5. The Morgan fingerprint density at radius 1 is 1.10 bits per heavy atom. The van der Waals surface area contributed by atoms with E-state index < -0.39 is 60.8 Å². The average molecular weight is 449 g/mol. The molecule has 31 heavy (non-hydrogen) atoms. The van der Waals surface area contributed by atoms with Gasteiger partial charge in [-0.15, -0.1) is 0 Å². The van der Waals surface area contributed by atoms with Gasteiger partial charge in [-0.3, -0.25) is 0 Å². The lowest BCUT2D eigenvalue weighted by Crippen LogP contribution is -2.59. The highest BCUT2D eigenvalue weighted by Gasteiger charge is 2.54. The lowest BCUT2D eigenvalue weighted by molar-refractivity contribution is -0.000683. The first-order valence-electron chi connectivity index (χ1n) is 9.84. The van der Waals surface area contributed by atoms with Gasteiger partial charge in [0.15, 0.2) is 11.5 Å². The van der Waals surface area contributed by atoms with Crippen LogP contribution in [0.25, 0.3) is 0 Å². The fourth-order valence-corrected chi connectivity index (χ4v) is 4.36. The molecule has 0 bridgehead atoms. The first-order valence-corrected chi connectivity index (χ1v) is 9.84. The number of hydrogen-bond donors (Lipinski definition) is 3. The Bertz CT molecular complexity index is 905. The standard InChI is InChI=1S/C18H21F6N7/c19-12(20)11-3-6-26-13(28-11)18(9-1-4-16(21,22)7-9)30-14(25)29-15(31-18)27-10-2-5-17(23,24)8-10/h3,6,9-10,12H,1-2,4-5,7-8H2,(H4,25,27,29,30,31). The van der Waals surface area contributed by atoms with E-state index in [4.69, 9.17) is 5.73 Å². The molecule has 7 nitrogen and oxygen atoms in total. The molecule has 0 saturated heterocycles. The van der Waals surface area contributed by atoms with Crippen molar-refractivity contribution in [1.29, 1.82) is 0 Å². The van der Waals surface area contributed by atoms with Gasteiger partial charge in [0.05, 0.1) is 0 Å². The van der Waals surface area contributed by atoms with E-state index in [9.17, 15) is 26.3 Å². The molecule has 170 valence electrons. The van der Waals surface area contributed by atoms with E-state index in [1.165, 1.54) is 0 Å². The van der Waals surface area contributed by atoms with E-state index in [-0.39, 0.29) is 37.0 Å². The minimum atomic E-state index is -2.99. The van der Waals surface area contributed by atoms with Crippen LogP contribution in [-0.4, -0.2) is 39.8 Å². The van der Waals surface area contributed by atoms with Crippen molar-refractivity contribution in [3.05, 3.63) is 23.8 Å². The van der Waals surface area contributed by atoms with Gasteiger partial charge < -0.3 is 16.4 Å². The van der Waals surface area contributed by atoms with Gasteiger partial charge in [-0.1, -0.05) is 0 Å². The number of rotatable bonds is 4. The molecule has 3 unspecified atom stereocenters. The molecule has 13 heteroatoms. The lowest BCUT2D eigenvalue weighted by atomic mass is 9.89. The van der Waals surface area contributed by atoms with Gasteiger partial charge in [0.1, 0.15) is 5.69 Å². The van der Waals surface area contributed by atoms with Crippen LogP contribution in [0.4, 0.5) is 26.3 Å². The van der Waals surface area contributed by atoms with Crippen molar-refractivity contribution in [2.75, 3.05) is 0 Å². The molecule has 0 amide bonds. The van der Waals surface area contributed by atoms with Crippen LogP contribution in [0.1, 0.15) is 56.5 Å². The number of nitrogens with zero attached hydrogens (tertiary/aromatic N) is 4. The summed E-state index contributed by atoms with van der Waals surface area (Å²) in [5.41, 5.74) is 3.45. The zero-order valence-electron chi connectivity index (χ0n) is 16.3. The Kier molecular flexibility index (Phi) is 5.24. The molecule has 2 heterocycles. The number of halogens is 6. The predicted octanol–water partition coefficient (Wildman–Crippen LogP) is 3.05. The van der Waals surface area contributed by atoms with Gasteiger partial charge in [-0.2, -0.15) is 4.99 Å². The molecule has 2 aliphatic carbocycles. The molecule has 2 saturated carbocycles. The normalized spacial score (nSPS) is 31.8. The second-order valence-electron chi connectivity index (χ2n) is 8.16. The summed E-state index contributed by atoms with van der Waals surface area (Å²) in [6, 6.07) is 0.373. The first kappa shape index (κ1) is 21.6. The maximum atomic E-state index is 14.1. The molecular weight excluding hydrogens is 428 g/mol. The molecule has 1 aliphatic heterocycles. The van der Waals surface area contributed by atoms with Crippen molar-refractivity contribution < 1.29 is 26.3 Å². The molecule has 0 aromatic carbocycles. The topological polar surface area (TPSA) is 101 Å². The predicted molar refractivity (Wildman–Crippen MR) is 98.9 cm³/mol. The van der Waals surface area contributed by atoms with E-state index in [1.54, 1.807) is 0 Å². The minimum absolute atomic E-state index is 0.00613. The summed E-state index contributed by atoms with van der Waals surface area (Å²) >= 11 is 0. The van der Waals surface area contributed by atoms with Crippen LogP contribution in [0, 0.1) is 5.92 Å². The number of alkyl halides is 6. The van der Waals surface area contributed by atoms with Gasteiger partial charge in [0.25, 0.3) is 6.43 Å². The Hall–Kier alpha value is -2.60. The van der Waals surface area contributed by atoms with Crippen molar-refractivity contribution in [1.82, 2.24) is 20.6 Å². The Labute approximate surface area is 173 Å². The van der Waals surface area contributed by atoms with E-state index >= 15 is 0 Å². The van der Waals surface area contributed by atoms with E-state index in [2.05, 4.69) is 30.6 Å². The Morgan fingerprint density at radius 3 is 2.42 bits per heavy atom. The third-order valence-corrected chi connectivity index (χ3v) is 5.81. The summed E-state index contributed by atoms with van der Waals surface area (Å²) in [6.45, 7) is 0. The molecule has 3 atom stereocenters. The van der Waals surface area contributed by atoms with E-state index in [0.717, 1.165) is 12.3 Å². The third kappa shape index (κ3) is 4.40. The SMILES string of the molecule is NC1=NC(c2nccc(C(F)F)n2)(C2CCC(F)(F)C2)NC(NC2CCC(F)(F)C2)=N1. The second kappa shape index (κ2) is 7.52. The summed E-state index contributed by atoms with van der Waals surface area (Å²) in [6.07, 6.45) is -3.45. The number of nitrogens with two attached hydrogens (primary N) is 1. The summed E-state index contributed by atoms with van der Waals surface area (Å²) in [4.78, 5) is 16.0. The highest BCUT2D eigenvalue weighted by Crippen LogP contribution is 2.48. The van der Waals surface area contributed by atoms with Crippen LogP contribution in [0.15, 0.2) is 22.2 Å². The molecule has 2 fully saturated rings. The molecule has 0 spiro atoms. The fourth-order valence-electron chi connectivity index (χ4n) is 4.36. The highest BCUT2D eigenvalue weighted by molar-refractivity contribution is 5.96. The van der Waals surface area contributed by atoms with Crippen molar-refractivity contribution in [2.24, 2.45) is 21.6 Å². The Morgan fingerprint density at radius 2 is 1.81 bits per heavy atom. The highest BCUT2D eigenvalue weighted by atomic mass is 19.3. The van der Waals surface area contributed by atoms with Gasteiger partial charge in [0, 0.05) is 43.8 Å². The van der Waals surface area contributed by atoms with E-state index in [1.807, 2.05) is 0 Å². The molecular formula is C18H21F6N7. The molecule has 0 radical (unpaired) electrons. The number of aliphatic imine (C=N–C) groups is 2. The maximum absolute atomic E-state index is 14.1. The van der Waals surface area contributed by atoms with Crippen molar-refractivity contribution in [3.63, 3.8) is 0 Å². The van der Waals surface area contributed by atoms with Crippen LogP contribution >= 0.6 is 0 Å². The van der Waals surface area contributed by atoms with Crippen molar-refractivity contribution >= 4 is 11.9 Å². The summed E-state index contributed by atoms with van der Waals surface area (Å²) in [7, 11) is 0. The van der Waals surface area contributed by atoms with Crippen LogP contribution in [-0.2, 0) is 5.66 Å². The largest absolute Gasteiger partial charge is 0.368 e. The third-order valence-electron chi connectivity index (χ3n) is 5.81. The van der Waals surface area contributed by atoms with Crippen LogP contribution in [0.5, 0.6) is 0 Å². The van der Waals surface area contributed by atoms with E-state index in [0.29, 0.717) is 0 Å². The molecule has 1 aromatic heterocycles. The molecule has 3 aliphatic rings.